The first-order valence-corrected chi connectivity index (χ1v) is 8.01. The summed E-state index contributed by atoms with van der Waals surface area (Å²) in [6.07, 6.45) is 1.05. The molecule has 1 aliphatic rings. The maximum Gasteiger partial charge on any atom is 0.317 e. The third-order valence-electron chi connectivity index (χ3n) is 4.12. The van der Waals surface area contributed by atoms with Gasteiger partial charge in [0.05, 0.1) is 11.5 Å². The largest absolute Gasteiger partial charge is 0.420 e. The molecule has 2 heterocycles. The summed E-state index contributed by atoms with van der Waals surface area (Å²) in [4.78, 5) is 13.6. The van der Waals surface area contributed by atoms with E-state index in [2.05, 4.69) is 15.5 Å². The van der Waals surface area contributed by atoms with Crippen LogP contribution >= 0.6 is 0 Å². The first-order chi connectivity index (χ1) is 12.0. The third-order valence-corrected chi connectivity index (χ3v) is 4.12. The lowest BCUT2D eigenvalue weighted by Gasteiger charge is -2.45. The highest BCUT2D eigenvalue weighted by atomic mass is 19.1. The Balaban J connectivity index is 1.59. The first kappa shape index (κ1) is 16.9. The van der Waals surface area contributed by atoms with Gasteiger partial charge < -0.3 is 14.6 Å². The predicted octanol–water partition coefficient (Wildman–Crippen LogP) is 2.46. The van der Waals surface area contributed by atoms with Crippen LogP contribution in [0.4, 0.5) is 9.18 Å². The molecule has 0 aliphatic carbocycles. The summed E-state index contributed by atoms with van der Waals surface area (Å²) in [5.74, 6) is 0.321. The number of carbonyl (C=O) groups excluding carboxylic acids is 1. The van der Waals surface area contributed by atoms with Gasteiger partial charge in [0.1, 0.15) is 5.82 Å². The number of benzene rings is 1. The molecule has 3 rings (SSSR count). The Hall–Kier alpha value is -2.95. The van der Waals surface area contributed by atoms with Gasteiger partial charge in [0.25, 0.3) is 0 Å². The summed E-state index contributed by atoms with van der Waals surface area (Å²) in [5, 5.41) is 19.3. The van der Waals surface area contributed by atoms with Crippen molar-refractivity contribution in [2.45, 2.75) is 25.2 Å². The zero-order valence-corrected chi connectivity index (χ0v) is 13.8. The fourth-order valence-electron chi connectivity index (χ4n) is 2.75. The highest BCUT2D eigenvalue weighted by Crippen LogP contribution is 2.34. The SMILES string of the molecule is CC1(c2nnc(-c3cccc(F)c3)o2)CN(C(=O)NCCCC#N)C1. The van der Waals surface area contributed by atoms with Gasteiger partial charge in [-0.15, -0.1) is 10.2 Å². The fraction of sp³-hybridized carbons (Fsp3) is 0.412. The lowest BCUT2D eigenvalue weighted by Crippen LogP contribution is -2.62. The van der Waals surface area contributed by atoms with Crippen LogP contribution < -0.4 is 5.32 Å². The number of hydrogen-bond acceptors (Lipinski definition) is 5. The average molecular weight is 343 g/mol. The second kappa shape index (κ2) is 6.89. The Morgan fingerprint density at radius 3 is 3.00 bits per heavy atom. The first-order valence-electron chi connectivity index (χ1n) is 8.01. The smallest absolute Gasteiger partial charge is 0.317 e. The van der Waals surface area contributed by atoms with E-state index >= 15 is 0 Å². The van der Waals surface area contributed by atoms with E-state index in [0.29, 0.717) is 43.9 Å². The summed E-state index contributed by atoms with van der Waals surface area (Å²) in [6.45, 7) is 3.34. The normalized spacial score (nSPS) is 15.3. The van der Waals surface area contributed by atoms with E-state index < -0.39 is 5.41 Å². The second-order valence-corrected chi connectivity index (χ2v) is 6.33. The van der Waals surface area contributed by atoms with Crippen LogP contribution in [-0.4, -0.2) is 40.8 Å². The maximum absolute atomic E-state index is 13.3. The Morgan fingerprint density at radius 2 is 2.28 bits per heavy atom. The molecule has 0 radical (unpaired) electrons. The molecule has 1 aromatic carbocycles. The van der Waals surface area contributed by atoms with Crippen LogP contribution in [0.2, 0.25) is 0 Å². The van der Waals surface area contributed by atoms with Crippen LogP contribution in [0.5, 0.6) is 0 Å². The summed E-state index contributed by atoms with van der Waals surface area (Å²) in [6, 6.07) is 7.83. The Morgan fingerprint density at radius 1 is 1.48 bits per heavy atom. The zero-order valence-electron chi connectivity index (χ0n) is 13.8. The topological polar surface area (TPSA) is 95.1 Å². The quantitative estimate of drug-likeness (QED) is 0.842. The van der Waals surface area contributed by atoms with Crippen molar-refractivity contribution in [1.29, 1.82) is 5.26 Å². The van der Waals surface area contributed by atoms with Gasteiger partial charge in [0.2, 0.25) is 11.8 Å². The Kier molecular flexibility index (Phi) is 4.65. The fourth-order valence-corrected chi connectivity index (χ4v) is 2.75. The van der Waals surface area contributed by atoms with E-state index in [4.69, 9.17) is 9.68 Å². The number of amides is 2. The molecular weight excluding hydrogens is 325 g/mol. The van der Waals surface area contributed by atoms with Crippen LogP contribution in [-0.2, 0) is 5.41 Å². The number of unbranched alkanes of at least 4 members (excludes halogenated alkanes) is 1. The number of urea groups is 1. The van der Waals surface area contributed by atoms with E-state index in [0.717, 1.165) is 0 Å². The van der Waals surface area contributed by atoms with Crippen molar-refractivity contribution in [3.63, 3.8) is 0 Å². The molecule has 1 N–H and O–H groups in total. The molecule has 1 aromatic heterocycles. The molecule has 130 valence electrons. The molecule has 1 saturated heterocycles. The molecule has 2 amide bonds. The molecule has 0 unspecified atom stereocenters. The van der Waals surface area contributed by atoms with Crippen molar-refractivity contribution in [3.8, 4) is 17.5 Å². The van der Waals surface area contributed by atoms with Gasteiger partial charge in [0.15, 0.2) is 0 Å². The number of halogens is 1. The predicted molar refractivity (Wildman–Crippen MR) is 86.9 cm³/mol. The standard InChI is InChI=1S/C17H18FN5O2/c1-17(10-23(11-17)16(24)20-8-3-2-7-19)15-22-21-14(25-15)12-5-4-6-13(18)9-12/h4-6,9H,2-3,8,10-11H2,1H3,(H,20,24). The molecule has 0 atom stereocenters. The van der Waals surface area contributed by atoms with E-state index in [1.165, 1.54) is 12.1 Å². The van der Waals surface area contributed by atoms with Crippen LogP contribution in [0, 0.1) is 17.1 Å². The van der Waals surface area contributed by atoms with Gasteiger partial charge in [-0.25, -0.2) is 9.18 Å². The van der Waals surface area contributed by atoms with Crippen molar-refractivity contribution in [1.82, 2.24) is 20.4 Å². The van der Waals surface area contributed by atoms with Crippen molar-refractivity contribution in [3.05, 3.63) is 36.0 Å². The summed E-state index contributed by atoms with van der Waals surface area (Å²) in [7, 11) is 0. The molecule has 25 heavy (non-hydrogen) atoms. The lowest BCUT2D eigenvalue weighted by molar-refractivity contribution is 0.0852. The number of nitrogens with zero attached hydrogens (tertiary/aromatic N) is 4. The molecule has 8 heteroatoms. The second-order valence-electron chi connectivity index (χ2n) is 6.33. The molecule has 0 bridgehead atoms. The minimum absolute atomic E-state index is 0.166. The van der Waals surface area contributed by atoms with E-state index in [1.807, 2.05) is 13.0 Å². The van der Waals surface area contributed by atoms with Crippen molar-refractivity contribution < 1.29 is 13.6 Å². The average Bonchev–Trinajstić information content (AvgIpc) is 3.06. The van der Waals surface area contributed by atoms with Crippen LogP contribution in [0.3, 0.4) is 0 Å². The van der Waals surface area contributed by atoms with E-state index in [-0.39, 0.29) is 17.7 Å². The highest BCUT2D eigenvalue weighted by Gasteiger charge is 2.46. The van der Waals surface area contributed by atoms with Gasteiger partial charge in [-0.3, -0.25) is 0 Å². The summed E-state index contributed by atoms with van der Waals surface area (Å²) in [5.41, 5.74) is 0.108. The Labute approximate surface area is 144 Å². The minimum Gasteiger partial charge on any atom is -0.420 e. The van der Waals surface area contributed by atoms with Crippen molar-refractivity contribution in [2.24, 2.45) is 0 Å². The molecule has 0 spiro atoms. The van der Waals surface area contributed by atoms with Crippen molar-refractivity contribution >= 4 is 6.03 Å². The number of hydrogen-bond donors (Lipinski definition) is 1. The number of aromatic nitrogens is 2. The van der Waals surface area contributed by atoms with Gasteiger partial charge >= 0.3 is 6.03 Å². The van der Waals surface area contributed by atoms with Crippen LogP contribution in [0.1, 0.15) is 25.7 Å². The molecule has 1 fully saturated rings. The lowest BCUT2D eigenvalue weighted by atomic mass is 9.82. The number of nitriles is 1. The van der Waals surface area contributed by atoms with E-state index in [1.54, 1.807) is 17.0 Å². The number of rotatable bonds is 5. The highest BCUT2D eigenvalue weighted by molar-refractivity contribution is 5.75. The Bertz CT molecular complexity index is 807. The number of nitrogens with one attached hydrogen (secondary N) is 1. The zero-order chi connectivity index (χ0) is 17.9. The van der Waals surface area contributed by atoms with Gasteiger partial charge in [-0.1, -0.05) is 6.07 Å². The van der Waals surface area contributed by atoms with Crippen LogP contribution in [0.15, 0.2) is 28.7 Å². The molecule has 2 aromatic rings. The molecule has 0 saturated carbocycles. The van der Waals surface area contributed by atoms with Gasteiger partial charge in [0, 0.05) is 31.6 Å². The van der Waals surface area contributed by atoms with Gasteiger partial charge in [-0.05, 0) is 31.5 Å². The number of likely N-dealkylation sites (tertiary alicyclic amines) is 1. The summed E-state index contributed by atoms with van der Waals surface area (Å²) >= 11 is 0. The number of carbonyl (C=O) groups is 1. The van der Waals surface area contributed by atoms with Crippen molar-refractivity contribution in [2.75, 3.05) is 19.6 Å². The summed E-state index contributed by atoms with van der Waals surface area (Å²) < 4.78 is 19.0. The third kappa shape index (κ3) is 3.60. The molecular formula is C17H18FN5O2. The van der Waals surface area contributed by atoms with E-state index in [9.17, 15) is 9.18 Å². The molecule has 7 nitrogen and oxygen atoms in total. The van der Waals surface area contributed by atoms with Gasteiger partial charge in [-0.2, -0.15) is 5.26 Å². The maximum atomic E-state index is 13.3. The van der Waals surface area contributed by atoms with Crippen LogP contribution in [0.25, 0.3) is 11.5 Å². The molecule has 1 aliphatic heterocycles. The minimum atomic E-state index is -0.414. The monoisotopic (exact) mass is 343 g/mol.